The molecule has 1 aliphatic rings. The van der Waals surface area contributed by atoms with E-state index in [1.807, 2.05) is 36.7 Å². The van der Waals surface area contributed by atoms with Crippen LogP contribution < -0.4 is 16.1 Å². The Kier molecular flexibility index (Phi) is 12.2. The maximum atomic E-state index is 13.6. The average Bonchev–Trinajstić information content (AvgIpc) is 3.02. The highest BCUT2D eigenvalue weighted by Crippen LogP contribution is 2.31. The maximum Gasteiger partial charge on any atom is 0.416 e. The minimum Gasteiger partial charge on any atom is -0.461 e. The number of hydrogen-bond donors (Lipinski definition) is 3. The number of nitrogens with one attached hydrogen (secondary N) is 3. The van der Waals surface area contributed by atoms with Crippen molar-refractivity contribution in [3.05, 3.63) is 65.2 Å². The van der Waals surface area contributed by atoms with Crippen molar-refractivity contribution in [3.63, 3.8) is 0 Å². The van der Waals surface area contributed by atoms with Crippen LogP contribution in [0.3, 0.4) is 0 Å². The van der Waals surface area contributed by atoms with E-state index in [1.54, 1.807) is 19.1 Å². The van der Waals surface area contributed by atoms with Crippen molar-refractivity contribution >= 4 is 40.2 Å². The van der Waals surface area contributed by atoms with Crippen LogP contribution in [0.1, 0.15) is 49.8 Å². The second-order valence-electron chi connectivity index (χ2n) is 10.5. The van der Waals surface area contributed by atoms with E-state index in [-0.39, 0.29) is 25.6 Å². The number of ether oxygens (including phenoxy) is 1. The summed E-state index contributed by atoms with van der Waals surface area (Å²) in [6.07, 6.45) is -3.42. The molecule has 0 radical (unpaired) electrons. The van der Waals surface area contributed by atoms with Gasteiger partial charge in [-0.15, -0.1) is 0 Å². The van der Waals surface area contributed by atoms with Gasteiger partial charge >= 0.3 is 24.2 Å². The summed E-state index contributed by atoms with van der Waals surface area (Å²) in [5.74, 6) is -1.31. The first-order valence-corrected chi connectivity index (χ1v) is 15.7. The van der Waals surface area contributed by atoms with Crippen LogP contribution in [-0.4, -0.2) is 80.1 Å². The highest BCUT2D eigenvalue weighted by molar-refractivity contribution is 7.89. The molecule has 0 aliphatic carbocycles. The molecule has 3 N–H and O–H groups in total. The molecule has 2 aromatic rings. The Hall–Kier alpha value is -4.51. The summed E-state index contributed by atoms with van der Waals surface area (Å²) in [6.45, 7) is 4.82. The third kappa shape index (κ3) is 9.74. The molecule has 0 saturated carbocycles. The number of sulfonamides is 1. The summed E-state index contributed by atoms with van der Waals surface area (Å²) >= 11 is 0. The molecule has 46 heavy (non-hydrogen) atoms. The predicted molar refractivity (Wildman–Crippen MR) is 160 cm³/mol. The van der Waals surface area contributed by atoms with Gasteiger partial charge in [-0.2, -0.15) is 22.6 Å². The van der Waals surface area contributed by atoms with Gasteiger partial charge in [0.05, 0.1) is 17.1 Å². The lowest BCUT2D eigenvalue weighted by atomic mass is 10.0. The SMILES string of the molecule is CCCOC(=O)/C=N/NC(=O)NC(=O)N1CCN(S(=O)(=O)c2ccc(C(F)(F)F)cc2)[C@@H](C(=O)NCc2ccc(C(C)C)cc2)C1. The number of alkyl halides is 3. The van der Waals surface area contributed by atoms with Gasteiger partial charge in [-0.05, 0) is 47.7 Å². The lowest BCUT2D eigenvalue weighted by molar-refractivity contribution is -0.137. The predicted octanol–water partition coefficient (Wildman–Crippen LogP) is 3.18. The van der Waals surface area contributed by atoms with Gasteiger partial charge in [0, 0.05) is 26.2 Å². The van der Waals surface area contributed by atoms with E-state index in [0.29, 0.717) is 24.8 Å². The second kappa shape index (κ2) is 15.7. The number of halogens is 3. The summed E-state index contributed by atoms with van der Waals surface area (Å²) in [6, 6.07) is 6.62. The normalized spacial score (nSPS) is 15.9. The fourth-order valence-corrected chi connectivity index (χ4v) is 5.89. The van der Waals surface area contributed by atoms with E-state index in [9.17, 15) is 40.8 Å². The molecule has 0 aromatic heterocycles. The number of imide groups is 1. The zero-order valence-corrected chi connectivity index (χ0v) is 26.2. The van der Waals surface area contributed by atoms with Crippen LogP contribution in [0.2, 0.25) is 0 Å². The zero-order valence-electron chi connectivity index (χ0n) is 25.3. The Morgan fingerprint density at radius 3 is 2.28 bits per heavy atom. The van der Waals surface area contributed by atoms with Crippen LogP contribution in [0.25, 0.3) is 0 Å². The molecule has 1 fully saturated rings. The molecule has 1 heterocycles. The van der Waals surface area contributed by atoms with Crippen molar-refractivity contribution in [1.29, 1.82) is 0 Å². The van der Waals surface area contributed by atoms with E-state index in [4.69, 9.17) is 4.74 Å². The molecule has 3 rings (SSSR count). The Morgan fingerprint density at radius 1 is 1.04 bits per heavy atom. The highest BCUT2D eigenvalue weighted by atomic mass is 32.2. The number of urea groups is 2. The first kappa shape index (κ1) is 36.0. The standard InChI is InChI=1S/C29H35F3N6O7S/c1-4-15-45-25(39)17-34-36-27(41)35-28(42)37-13-14-38(46(43,44)23-11-9-22(10-12-23)29(30,31)32)24(18-37)26(40)33-16-20-5-7-21(8-6-20)19(2)3/h5-12,17,19,24H,4,13-16,18H2,1-3H3,(H,33,40)(H2,35,36,41,42)/b34-17+/t24-/m1/s1. The fourth-order valence-electron chi connectivity index (χ4n) is 4.32. The molecule has 1 aliphatic heterocycles. The number of benzene rings is 2. The quantitative estimate of drug-likeness (QED) is 0.199. The lowest BCUT2D eigenvalue weighted by Gasteiger charge is -2.39. The van der Waals surface area contributed by atoms with Crippen molar-refractivity contribution in [3.8, 4) is 0 Å². The second-order valence-corrected chi connectivity index (χ2v) is 12.4. The molecule has 0 spiro atoms. The van der Waals surface area contributed by atoms with E-state index in [2.05, 4.69) is 10.4 Å². The Labute approximate surface area is 264 Å². The van der Waals surface area contributed by atoms with Crippen molar-refractivity contribution in [1.82, 2.24) is 25.3 Å². The third-order valence-electron chi connectivity index (χ3n) is 6.83. The van der Waals surface area contributed by atoms with Crippen LogP contribution in [0.4, 0.5) is 22.8 Å². The number of carbonyl (C=O) groups is 4. The molecule has 17 heteroatoms. The Morgan fingerprint density at radius 2 is 1.70 bits per heavy atom. The molecular formula is C29H35F3N6O7S. The molecule has 5 amide bonds. The molecule has 250 valence electrons. The summed E-state index contributed by atoms with van der Waals surface area (Å²) < 4.78 is 71.9. The van der Waals surface area contributed by atoms with Crippen LogP contribution in [0, 0.1) is 0 Å². The first-order chi connectivity index (χ1) is 21.6. The monoisotopic (exact) mass is 668 g/mol. The number of carbonyl (C=O) groups excluding carboxylic acids is 4. The zero-order chi connectivity index (χ0) is 34.1. The number of rotatable bonds is 10. The number of esters is 1. The Balaban J connectivity index is 1.77. The van der Waals surface area contributed by atoms with Gasteiger partial charge in [0.1, 0.15) is 12.3 Å². The lowest BCUT2D eigenvalue weighted by Crippen LogP contribution is -2.63. The number of piperazine rings is 1. The minimum absolute atomic E-state index is 0.0230. The molecule has 1 atom stereocenters. The fraction of sp³-hybridized carbons (Fsp3) is 0.414. The van der Waals surface area contributed by atoms with Crippen molar-refractivity contribution in [2.45, 2.75) is 56.8 Å². The topological polar surface area (TPSA) is 167 Å². The number of amides is 5. The van der Waals surface area contributed by atoms with Crippen LogP contribution >= 0.6 is 0 Å². The highest BCUT2D eigenvalue weighted by Gasteiger charge is 2.42. The van der Waals surface area contributed by atoms with Gasteiger partial charge < -0.3 is 15.0 Å². The van der Waals surface area contributed by atoms with Gasteiger partial charge in [-0.1, -0.05) is 45.0 Å². The number of hydrazone groups is 1. The summed E-state index contributed by atoms with van der Waals surface area (Å²) in [5.41, 5.74) is 2.66. The number of hydrogen-bond acceptors (Lipinski definition) is 8. The largest absolute Gasteiger partial charge is 0.461 e. The van der Waals surface area contributed by atoms with E-state index >= 15 is 0 Å². The minimum atomic E-state index is -4.69. The maximum absolute atomic E-state index is 13.6. The molecule has 1 saturated heterocycles. The van der Waals surface area contributed by atoms with Crippen LogP contribution in [0.15, 0.2) is 58.5 Å². The average molecular weight is 669 g/mol. The van der Waals surface area contributed by atoms with Crippen molar-refractivity contribution < 1.29 is 45.5 Å². The smallest absolute Gasteiger partial charge is 0.416 e. The van der Waals surface area contributed by atoms with Gasteiger partial charge in [0.2, 0.25) is 15.9 Å². The van der Waals surface area contributed by atoms with E-state index in [1.165, 1.54) is 0 Å². The van der Waals surface area contributed by atoms with Crippen LogP contribution in [-0.2, 0) is 37.1 Å². The molecule has 13 nitrogen and oxygen atoms in total. The third-order valence-corrected chi connectivity index (χ3v) is 8.75. The molecular weight excluding hydrogens is 633 g/mol. The summed E-state index contributed by atoms with van der Waals surface area (Å²) in [5, 5.41) is 8.01. The molecule has 0 bridgehead atoms. The van der Waals surface area contributed by atoms with E-state index < -0.39 is 69.7 Å². The number of nitrogens with zero attached hydrogens (tertiary/aromatic N) is 3. The van der Waals surface area contributed by atoms with Gasteiger partial charge in [0.25, 0.3) is 0 Å². The summed E-state index contributed by atoms with van der Waals surface area (Å²) in [4.78, 5) is 50.4. The molecule has 0 unspecified atom stereocenters. The first-order valence-electron chi connectivity index (χ1n) is 14.2. The van der Waals surface area contributed by atoms with Crippen LogP contribution in [0.5, 0.6) is 0 Å². The van der Waals surface area contributed by atoms with E-state index in [0.717, 1.165) is 32.5 Å². The van der Waals surface area contributed by atoms with Crippen molar-refractivity contribution in [2.24, 2.45) is 5.10 Å². The van der Waals surface area contributed by atoms with Gasteiger partial charge in [-0.3, -0.25) is 10.1 Å². The van der Waals surface area contributed by atoms with Gasteiger partial charge in [0.15, 0.2) is 0 Å². The van der Waals surface area contributed by atoms with Gasteiger partial charge in [-0.25, -0.2) is 28.2 Å². The van der Waals surface area contributed by atoms with Crippen molar-refractivity contribution in [2.75, 3.05) is 26.2 Å². The Bertz CT molecular complexity index is 1530. The summed E-state index contributed by atoms with van der Waals surface area (Å²) in [7, 11) is -4.51. The molecule has 2 aromatic carbocycles.